The van der Waals surface area contributed by atoms with Crippen molar-refractivity contribution in [3.05, 3.63) is 152 Å². The molecule has 0 aliphatic heterocycles. The predicted molar refractivity (Wildman–Crippen MR) is 258 cm³/mol. The maximum Gasteiger partial charge on any atom is 0.255 e. The van der Waals surface area contributed by atoms with Crippen molar-refractivity contribution in [2.24, 2.45) is 0 Å². The van der Waals surface area contributed by atoms with E-state index in [0.29, 0.717) is 0 Å². The van der Waals surface area contributed by atoms with E-state index in [0.717, 1.165) is 0 Å². The smallest absolute Gasteiger partial charge is 0.148 e. The van der Waals surface area contributed by atoms with E-state index in [1.54, 1.807) is 0 Å². The van der Waals surface area contributed by atoms with Crippen molar-refractivity contribution in [1.29, 1.82) is 0 Å². The fourth-order valence-corrected chi connectivity index (χ4v) is 14.7. The Labute approximate surface area is 351 Å². The minimum absolute atomic E-state index is 0.208. The largest absolute Gasteiger partial charge is 0.255 e. The summed E-state index contributed by atoms with van der Waals surface area (Å²) in [4.78, 5) is 5.45. The zero-order chi connectivity index (χ0) is 39.7. The topological polar surface area (TPSA) is 0 Å². The molecule has 6 heteroatoms. The van der Waals surface area contributed by atoms with Crippen LogP contribution in [0.5, 0.6) is 0 Å². The van der Waals surface area contributed by atoms with Gasteiger partial charge >= 0.3 is 0 Å². The van der Waals surface area contributed by atoms with E-state index < -0.39 is 0 Å². The maximum absolute atomic E-state index is 2.44. The van der Waals surface area contributed by atoms with Crippen LogP contribution < -0.4 is 31.4 Å². The quantitative estimate of drug-likeness (QED) is 0.134. The Kier molecular flexibility index (Phi) is 10.5. The summed E-state index contributed by atoms with van der Waals surface area (Å²) in [6.45, 7) is 27.7. The van der Waals surface area contributed by atoms with Crippen LogP contribution in [0.3, 0.4) is 0 Å². The molecule has 8 rings (SSSR count). The molecule has 280 valence electrons. The molecule has 4 aromatic heterocycles. The van der Waals surface area contributed by atoms with E-state index in [4.69, 9.17) is 0 Å². The van der Waals surface area contributed by atoms with Gasteiger partial charge in [0.25, 0.3) is 13.4 Å². The van der Waals surface area contributed by atoms with Gasteiger partial charge in [0, 0.05) is 24.9 Å². The van der Waals surface area contributed by atoms with Gasteiger partial charge in [0.1, 0.15) is 0 Å². The van der Waals surface area contributed by atoms with Crippen molar-refractivity contribution in [2.75, 3.05) is 0 Å². The molecule has 8 aromatic rings. The summed E-state index contributed by atoms with van der Waals surface area (Å²) in [5.74, 6) is 0. The lowest BCUT2D eigenvalue weighted by Gasteiger charge is -2.23. The van der Waals surface area contributed by atoms with E-state index in [-0.39, 0.29) is 13.4 Å². The second kappa shape index (κ2) is 15.1. The molecule has 0 radical (unpaired) electrons. The molecular weight excluding hydrogens is 750 g/mol. The highest BCUT2D eigenvalue weighted by molar-refractivity contribution is 7.43. The van der Waals surface area contributed by atoms with Crippen LogP contribution in [0.25, 0.3) is 28.9 Å². The molecule has 0 saturated carbocycles. The van der Waals surface area contributed by atoms with Crippen LogP contribution in [0.4, 0.5) is 0 Å². The van der Waals surface area contributed by atoms with Gasteiger partial charge in [-0.05, 0) is 117 Å². The van der Waals surface area contributed by atoms with Crippen molar-refractivity contribution in [1.82, 2.24) is 0 Å². The van der Waals surface area contributed by atoms with Gasteiger partial charge < -0.3 is 0 Å². The highest BCUT2D eigenvalue weighted by atomic mass is 32.2. The number of benzene rings is 4. The van der Waals surface area contributed by atoms with E-state index in [9.17, 15) is 0 Å². The average Bonchev–Trinajstić information content (AvgIpc) is 3.89. The molecule has 0 N–H and O–H groups in total. The molecule has 0 fully saturated rings. The lowest BCUT2D eigenvalue weighted by molar-refractivity contribution is 1.34. The third-order valence-electron chi connectivity index (χ3n) is 11.6. The summed E-state index contributed by atoms with van der Waals surface area (Å²) in [5.41, 5.74) is 22.1. The van der Waals surface area contributed by atoms with Crippen molar-refractivity contribution in [2.45, 2.75) is 83.1 Å². The third kappa shape index (κ3) is 7.13. The minimum atomic E-state index is 0.208. The Hall–Kier alpha value is -3.93. The van der Waals surface area contributed by atoms with E-state index in [1.165, 1.54) is 127 Å². The lowest BCUT2D eigenvalue weighted by Crippen LogP contribution is -2.54. The van der Waals surface area contributed by atoms with Crippen molar-refractivity contribution in [3.8, 4) is 19.5 Å². The number of thiophene rings is 4. The SMILES string of the molecule is Cc1cc(C)c(B(c2ccc(-c3cc4cc(-c5ccc(B(c6c(C)cc(C)cc6C)c6c(C)cc(C)cc6C)s5)sc4s3)s2)c2c(C)cc(C)cc2C)c(C)c1. The number of hydrogen-bond acceptors (Lipinski definition) is 4. The molecule has 0 amide bonds. The van der Waals surface area contributed by atoms with Crippen LogP contribution in [-0.2, 0) is 0 Å². The first-order chi connectivity index (χ1) is 26.7. The molecule has 0 aliphatic carbocycles. The number of hydrogen-bond donors (Lipinski definition) is 0. The van der Waals surface area contributed by atoms with Crippen LogP contribution in [-0.4, -0.2) is 13.4 Å². The summed E-state index contributed by atoms with van der Waals surface area (Å²) in [5, 5.41) is 1.36. The summed E-state index contributed by atoms with van der Waals surface area (Å²) in [6, 6.07) is 33.3. The molecular formula is C50H50B2S4. The highest BCUT2D eigenvalue weighted by Gasteiger charge is 2.32. The molecule has 4 heterocycles. The highest BCUT2D eigenvalue weighted by Crippen LogP contribution is 2.43. The van der Waals surface area contributed by atoms with Gasteiger partial charge in [0.15, 0.2) is 0 Å². The van der Waals surface area contributed by atoms with Gasteiger partial charge in [0.05, 0.1) is 4.01 Å². The molecule has 0 atom stereocenters. The second-order valence-electron chi connectivity index (χ2n) is 16.5. The van der Waals surface area contributed by atoms with Gasteiger partial charge in [-0.25, -0.2) is 0 Å². The molecule has 56 heavy (non-hydrogen) atoms. The second-order valence-corrected chi connectivity index (χ2v) is 21.1. The normalized spacial score (nSPS) is 11.6. The monoisotopic (exact) mass is 800 g/mol. The molecule has 0 spiro atoms. The third-order valence-corrected chi connectivity index (χ3v) is 16.7. The van der Waals surface area contributed by atoms with Gasteiger partial charge in [-0.1, -0.05) is 149 Å². The van der Waals surface area contributed by atoms with Crippen molar-refractivity contribution < 1.29 is 0 Å². The fourth-order valence-electron chi connectivity index (χ4n) is 9.81. The molecule has 0 unspecified atom stereocenters. The van der Waals surface area contributed by atoms with Crippen molar-refractivity contribution >= 4 is 99.6 Å². The first kappa shape index (κ1) is 38.9. The molecule has 0 bridgehead atoms. The zero-order valence-electron chi connectivity index (χ0n) is 34.9. The van der Waals surface area contributed by atoms with Gasteiger partial charge in [-0.3, -0.25) is 0 Å². The van der Waals surface area contributed by atoms with E-state index >= 15 is 0 Å². The lowest BCUT2D eigenvalue weighted by atomic mass is 9.37. The van der Waals surface area contributed by atoms with Crippen molar-refractivity contribution in [3.63, 3.8) is 0 Å². The zero-order valence-corrected chi connectivity index (χ0v) is 38.1. The molecule has 0 nitrogen and oxygen atoms in total. The Morgan fingerprint density at radius 1 is 0.304 bits per heavy atom. The Morgan fingerprint density at radius 3 is 0.821 bits per heavy atom. The van der Waals surface area contributed by atoms with E-state index in [1.807, 2.05) is 45.3 Å². The van der Waals surface area contributed by atoms with E-state index in [2.05, 4.69) is 168 Å². The van der Waals surface area contributed by atoms with Gasteiger partial charge in [-0.2, -0.15) is 0 Å². The Balaban J connectivity index is 1.16. The Bertz CT molecular complexity index is 2380. The minimum Gasteiger partial charge on any atom is -0.148 e. The van der Waals surface area contributed by atoms with Crippen LogP contribution >= 0.6 is 45.3 Å². The summed E-state index contributed by atoms with van der Waals surface area (Å²) >= 11 is 7.84. The standard InChI is InChI=1S/C50H50B2S4/c1-27-17-31(5)46(32(6)18-27)51(47-33(7)19-28(2)20-34(47)8)44-15-13-40(53-44)42-25-39-26-43(56-50(39)55-42)41-14-16-45(54-41)52(48-35(9)21-29(3)22-36(48)10)49-37(11)23-30(4)24-38(49)12/h13-26H,1-12H3. The summed E-state index contributed by atoms with van der Waals surface area (Å²) in [6.07, 6.45) is 0. The van der Waals surface area contributed by atoms with Gasteiger partial charge in [-0.15, -0.1) is 45.3 Å². The average molecular weight is 801 g/mol. The summed E-state index contributed by atoms with van der Waals surface area (Å²) in [7, 11) is 0. The molecule has 0 aliphatic rings. The van der Waals surface area contributed by atoms with Gasteiger partial charge in [0.2, 0.25) is 0 Å². The maximum atomic E-state index is 2.44. The van der Waals surface area contributed by atoms with Crippen LogP contribution in [0.2, 0.25) is 0 Å². The van der Waals surface area contributed by atoms with Crippen LogP contribution in [0, 0.1) is 83.1 Å². The first-order valence-electron chi connectivity index (χ1n) is 19.7. The number of fused-ring (bicyclic) bond motifs is 1. The first-order valence-corrected chi connectivity index (χ1v) is 23.0. The number of aryl methyl sites for hydroxylation is 12. The summed E-state index contributed by atoms with van der Waals surface area (Å²) < 4.78 is 4.24. The van der Waals surface area contributed by atoms with Crippen LogP contribution in [0.15, 0.2) is 84.9 Å². The molecule has 0 saturated heterocycles. The fraction of sp³-hybridized carbons (Fsp3) is 0.240. The number of rotatable bonds is 8. The predicted octanol–water partition coefficient (Wildman–Crippen LogP) is 11.2. The molecule has 4 aromatic carbocycles. The van der Waals surface area contributed by atoms with Crippen LogP contribution in [0.1, 0.15) is 66.8 Å². The Morgan fingerprint density at radius 2 is 0.571 bits per heavy atom.